The molecule has 0 atom stereocenters. The number of allylic oxidation sites excluding steroid dienone is 2. The molecule has 0 amide bonds. The van der Waals surface area contributed by atoms with Crippen molar-refractivity contribution in [3.05, 3.63) is 42.1 Å². The maximum absolute atomic E-state index is 11.4. The first-order valence-electron chi connectivity index (χ1n) is 4.51. The van der Waals surface area contributed by atoms with Crippen molar-refractivity contribution in [1.29, 1.82) is 0 Å². The van der Waals surface area contributed by atoms with Crippen molar-refractivity contribution in [2.75, 3.05) is 5.32 Å². The SMILES string of the molecule is C/C(=C/C(=O)C(Cl)(Cl)Cl)Nc1ccccc1. The Bertz CT molecular complexity index is 395. The van der Waals surface area contributed by atoms with Crippen molar-refractivity contribution >= 4 is 46.3 Å². The standard InChI is InChI=1S/C11H10Cl3NO/c1-8(7-10(16)11(12,13)14)15-9-5-3-2-4-6-9/h2-7,15H,1H3/b8-7-. The normalized spacial score (nSPS) is 12.4. The predicted octanol–water partition coefficient (Wildman–Crippen LogP) is 3.94. The van der Waals surface area contributed by atoms with E-state index in [1.807, 2.05) is 30.3 Å². The van der Waals surface area contributed by atoms with Gasteiger partial charge in [0.1, 0.15) is 0 Å². The van der Waals surface area contributed by atoms with E-state index in [0.29, 0.717) is 5.70 Å². The second-order valence-electron chi connectivity index (χ2n) is 3.18. The van der Waals surface area contributed by atoms with E-state index in [4.69, 9.17) is 34.8 Å². The lowest BCUT2D eigenvalue weighted by Gasteiger charge is -2.09. The van der Waals surface area contributed by atoms with E-state index in [9.17, 15) is 4.79 Å². The highest BCUT2D eigenvalue weighted by atomic mass is 35.6. The minimum absolute atomic E-state index is 0.571. The fraction of sp³-hybridized carbons (Fsp3) is 0.182. The lowest BCUT2D eigenvalue weighted by atomic mass is 10.3. The molecule has 0 fully saturated rings. The van der Waals surface area contributed by atoms with Gasteiger partial charge in [0, 0.05) is 17.5 Å². The third-order valence-corrected chi connectivity index (χ3v) is 2.30. The van der Waals surface area contributed by atoms with Crippen LogP contribution in [0, 0.1) is 0 Å². The Kier molecular flexibility index (Phi) is 4.66. The highest BCUT2D eigenvalue weighted by Crippen LogP contribution is 2.27. The molecule has 16 heavy (non-hydrogen) atoms. The van der Waals surface area contributed by atoms with Crippen molar-refractivity contribution in [3.63, 3.8) is 0 Å². The molecular formula is C11H10Cl3NO. The van der Waals surface area contributed by atoms with Gasteiger partial charge >= 0.3 is 0 Å². The van der Waals surface area contributed by atoms with Crippen LogP contribution in [0.15, 0.2) is 42.1 Å². The average Bonchev–Trinajstić information content (AvgIpc) is 2.17. The number of ketones is 1. The fourth-order valence-corrected chi connectivity index (χ4v) is 1.23. The Morgan fingerprint density at radius 1 is 1.25 bits per heavy atom. The van der Waals surface area contributed by atoms with Crippen LogP contribution in [0.5, 0.6) is 0 Å². The second kappa shape index (κ2) is 5.58. The molecule has 1 N–H and O–H groups in total. The van der Waals surface area contributed by atoms with Crippen molar-refractivity contribution < 1.29 is 4.79 Å². The monoisotopic (exact) mass is 277 g/mol. The second-order valence-corrected chi connectivity index (χ2v) is 5.46. The number of hydrogen-bond donors (Lipinski definition) is 1. The topological polar surface area (TPSA) is 29.1 Å². The summed E-state index contributed by atoms with van der Waals surface area (Å²) in [5.74, 6) is -0.571. The van der Waals surface area contributed by atoms with Crippen LogP contribution in [0.2, 0.25) is 0 Å². The Hall–Kier alpha value is -0.700. The molecule has 0 heterocycles. The molecule has 0 aromatic heterocycles. The van der Waals surface area contributed by atoms with Crippen molar-refractivity contribution in [2.45, 2.75) is 10.7 Å². The molecule has 1 rings (SSSR count). The van der Waals surface area contributed by atoms with Gasteiger partial charge in [-0.25, -0.2) is 0 Å². The van der Waals surface area contributed by atoms with E-state index in [-0.39, 0.29) is 0 Å². The predicted molar refractivity (Wildman–Crippen MR) is 69.1 cm³/mol. The Morgan fingerprint density at radius 3 is 2.31 bits per heavy atom. The summed E-state index contributed by atoms with van der Waals surface area (Å²) in [4.78, 5) is 11.4. The van der Waals surface area contributed by atoms with Crippen molar-refractivity contribution in [1.82, 2.24) is 0 Å². The first-order valence-corrected chi connectivity index (χ1v) is 5.64. The Balaban J connectivity index is 2.70. The van der Waals surface area contributed by atoms with Gasteiger partial charge in [-0.05, 0) is 19.1 Å². The summed E-state index contributed by atoms with van der Waals surface area (Å²) in [5.41, 5.74) is 1.48. The molecule has 1 aromatic rings. The first kappa shape index (κ1) is 13.4. The van der Waals surface area contributed by atoms with Crippen LogP contribution in [0.25, 0.3) is 0 Å². The third kappa shape index (κ3) is 4.44. The van der Waals surface area contributed by atoms with Crippen LogP contribution in [0.4, 0.5) is 5.69 Å². The number of para-hydroxylation sites is 1. The highest BCUT2D eigenvalue weighted by molar-refractivity contribution is 6.77. The third-order valence-electron chi connectivity index (χ3n) is 1.74. The van der Waals surface area contributed by atoms with Gasteiger partial charge in [-0.15, -0.1) is 0 Å². The zero-order valence-electron chi connectivity index (χ0n) is 8.51. The van der Waals surface area contributed by atoms with Gasteiger partial charge in [0.25, 0.3) is 3.79 Å². The summed E-state index contributed by atoms with van der Waals surface area (Å²) in [6, 6.07) is 9.41. The zero-order valence-corrected chi connectivity index (χ0v) is 10.8. The Morgan fingerprint density at radius 2 is 1.81 bits per heavy atom. The van der Waals surface area contributed by atoms with Gasteiger partial charge in [0.15, 0.2) is 0 Å². The highest BCUT2D eigenvalue weighted by Gasteiger charge is 2.28. The van der Waals surface area contributed by atoms with Gasteiger partial charge in [0.05, 0.1) is 0 Å². The van der Waals surface area contributed by atoms with Crippen LogP contribution in [-0.4, -0.2) is 9.58 Å². The molecule has 0 aliphatic heterocycles. The van der Waals surface area contributed by atoms with Gasteiger partial charge in [0.2, 0.25) is 5.78 Å². The summed E-state index contributed by atoms with van der Waals surface area (Å²) in [6.07, 6.45) is 1.26. The maximum Gasteiger partial charge on any atom is 0.252 e. The summed E-state index contributed by atoms with van der Waals surface area (Å²) in [6.45, 7) is 1.72. The number of carbonyl (C=O) groups excluding carboxylic acids is 1. The van der Waals surface area contributed by atoms with Gasteiger partial charge in [-0.3, -0.25) is 4.79 Å². The smallest absolute Gasteiger partial charge is 0.252 e. The van der Waals surface area contributed by atoms with E-state index in [0.717, 1.165) is 5.69 Å². The fourth-order valence-electron chi connectivity index (χ4n) is 1.06. The van der Waals surface area contributed by atoms with E-state index in [1.54, 1.807) is 6.92 Å². The minimum atomic E-state index is -1.90. The molecule has 0 unspecified atom stereocenters. The van der Waals surface area contributed by atoms with E-state index in [1.165, 1.54) is 6.08 Å². The number of halogens is 3. The largest absolute Gasteiger partial charge is 0.359 e. The average molecular weight is 279 g/mol. The van der Waals surface area contributed by atoms with E-state index < -0.39 is 9.58 Å². The summed E-state index contributed by atoms with van der Waals surface area (Å²) >= 11 is 16.3. The number of carbonyl (C=O) groups is 1. The molecule has 0 saturated heterocycles. The Labute approximate surface area is 109 Å². The van der Waals surface area contributed by atoms with Crippen LogP contribution in [0.1, 0.15) is 6.92 Å². The molecule has 1 aromatic carbocycles. The van der Waals surface area contributed by atoms with Crippen molar-refractivity contribution in [3.8, 4) is 0 Å². The summed E-state index contributed by atoms with van der Waals surface area (Å²) in [5, 5.41) is 3.01. The molecule has 0 saturated carbocycles. The minimum Gasteiger partial charge on any atom is -0.359 e. The number of rotatable bonds is 3. The molecule has 5 heteroatoms. The number of nitrogens with one attached hydrogen (secondary N) is 1. The maximum atomic E-state index is 11.4. The number of benzene rings is 1. The molecule has 0 bridgehead atoms. The lowest BCUT2D eigenvalue weighted by Crippen LogP contribution is -2.17. The van der Waals surface area contributed by atoms with Crippen molar-refractivity contribution in [2.24, 2.45) is 0 Å². The first-order chi connectivity index (χ1) is 7.39. The molecule has 0 aliphatic carbocycles. The van der Waals surface area contributed by atoms with Crippen LogP contribution < -0.4 is 5.32 Å². The number of hydrogen-bond acceptors (Lipinski definition) is 2. The molecule has 0 spiro atoms. The lowest BCUT2D eigenvalue weighted by molar-refractivity contribution is -0.113. The quantitative estimate of drug-likeness (QED) is 0.670. The summed E-state index contributed by atoms with van der Waals surface area (Å²) in [7, 11) is 0. The van der Waals surface area contributed by atoms with Gasteiger partial charge < -0.3 is 5.32 Å². The van der Waals surface area contributed by atoms with Crippen LogP contribution in [0.3, 0.4) is 0 Å². The molecule has 2 nitrogen and oxygen atoms in total. The molecule has 0 aliphatic rings. The van der Waals surface area contributed by atoms with Crippen LogP contribution >= 0.6 is 34.8 Å². The van der Waals surface area contributed by atoms with Crippen LogP contribution in [-0.2, 0) is 4.79 Å². The zero-order chi connectivity index (χ0) is 12.2. The van der Waals surface area contributed by atoms with Gasteiger partial charge in [-0.2, -0.15) is 0 Å². The number of anilines is 1. The summed E-state index contributed by atoms with van der Waals surface area (Å²) < 4.78 is -1.90. The number of alkyl halides is 3. The molecule has 0 radical (unpaired) electrons. The molecule has 86 valence electrons. The van der Waals surface area contributed by atoms with E-state index in [2.05, 4.69) is 5.32 Å². The van der Waals surface area contributed by atoms with Gasteiger partial charge in [-0.1, -0.05) is 53.0 Å². The molecular weight excluding hydrogens is 268 g/mol. The van der Waals surface area contributed by atoms with E-state index >= 15 is 0 Å².